The van der Waals surface area contributed by atoms with Gasteiger partial charge < -0.3 is 15.8 Å². The van der Waals surface area contributed by atoms with Gasteiger partial charge in [0, 0.05) is 24.8 Å². The summed E-state index contributed by atoms with van der Waals surface area (Å²) in [6, 6.07) is 3.37. The van der Waals surface area contributed by atoms with Crippen LogP contribution in [-0.4, -0.2) is 39.0 Å². The monoisotopic (exact) mass is 402 g/mol. The summed E-state index contributed by atoms with van der Waals surface area (Å²) in [5.74, 6) is -0.758. The minimum absolute atomic E-state index is 0.0810. The number of ether oxygens (including phenoxy) is 1. The molecular formula is C20H24F2N6O. The summed E-state index contributed by atoms with van der Waals surface area (Å²) in [4.78, 5) is 8.98. The zero-order chi connectivity index (χ0) is 20.8. The number of fused-ring (bicyclic) bond motifs is 1. The van der Waals surface area contributed by atoms with Crippen molar-refractivity contribution in [3.8, 4) is 11.3 Å². The van der Waals surface area contributed by atoms with Gasteiger partial charge in [0.05, 0.1) is 22.7 Å². The zero-order valence-electron chi connectivity index (χ0n) is 16.7. The lowest BCUT2D eigenvalue weighted by molar-refractivity contribution is 0.120. The molecule has 0 radical (unpaired) electrons. The van der Waals surface area contributed by atoms with Gasteiger partial charge >= 0.3 is 0 Å². The molecule has 1 saturated heterocycles. The number of nitrogen functional groups attached to an aromatic ring is 1. The molecule has 0 bridgehead atoms. The summed E-state index contributed by atoms with van der Waals surface area (Å²) in [6.07, 6.45) is 2.06. The van der Waals surface area contributed by atoms with Gasteiger partial charge in [-0.15, -0.1) is 5.10 Å². The molecule has 1 fully saturated rings. The van der Waals surface area contributed by atoms with Gasteiger partial charge in [0.15, 0.2) is 5.65 Å². The van der Waals surface area contributed by atoms with Gasteiger partial charge in [0.1, 0.15) is 17.5 Å². The third-order valence-electron chi connectivity index (χ3n) is 4.90. The molecule has 2 aromatic heterocycles. The number of hydrogen-bond acceptors (Lipinski definition) is 6. The van der Waals surface area contributed by atoms with Crippen molar-refractivity contribution in [1.82, 2.24) is 19.7 Å². The number of nitrogens with two attached hydrogens (primary N) is 1. The van der Waals surface area contributed by atoms with Crippen LogP contribution in [0.25, 0.3) is 22.3 Å². The summed E-state index contributed by atoms with van der Waals surface area (Å²) in [5.41, 5.74) is 6.70. The van der Waals surface area contributed by atoms with E-state index in [1.807, 2.05) is 20.8 Å². The summed E-state index contributed by atoms with van der Waals surface area (Å²) < 4.78 is 35.3. The Morgan fingerprint density at radius 2 is 2.07 bits per heavy atom. The molecule has 154 valence electrons. The van der Waals surface area contributed by atoms with Crippen molar-refractivity contribution in [1.29, 1.82) is 0 Å². The smallest absolute Gasteiger partial charge is 0.225 e. The number of halogens is 2. The Bertz CT molecular complexity index is 1050. The van der Waals surface area contributed by atoms with Gasteiger partial charge in [0.25, 0.3) is 0 Å². The average Bonchev–Trinajstić information content (AvgIpc) is 3.27. The molecule has 0 aliphatic carbocycles. The topological polar surface area (TPSA) is 90.9 Å². The first-order valence-corrected chi connectivity index (χ1v) is 9.61. The molecule has 1 aromatic carbocycles. The minimum Gasteiger partial charge on any atom is -0.383 e. The van der Waals surface area contributed by atoms with E-state index in [-0.39, 0.29) is 17.4 Å². The number of hydrogen-bond donors (Lipinski definition) is 2. The zero-order valence-corrected chi connectivity index (χ0v) is 16.7. The van der Waals surface area contributed by atoms with Crippen molar-refractivity contribution >= 4 is 22.8 Å². The molecule has 1 aliphatic rings. The number of rotatable bonds is 4. The van der Waals surface area contributed by atoms with Gasteiger partial charge in [-0.1, -0.05) is 0 Å². The van der Waals surface area contributed by atoms with Crippen molar-refractivity contribution in [3.63, 3.8) is 0 Å². The van der Waals surface area contributed by atoms with E-state index in [0.29, 0.717) is 29.3 Å². The van der Waals surface area contributed by atoms with Crippen molar-refractivity contribution in [2.24, 2.45) is 0 Å². The highest BCUT2D eigenvalue weighted by molar-refractivity contribution is 5.99. The van der Waals surface area contributed by atoms with E-state index in [1.54, 1.807) is 4.68 Å². The lowest BCUT2D eigenvalue weighted by atomic mass is 10.1. The van der Waals surface area contributed by atoms with Crippen LogP contribution >= 0.6 is 0 Å². The lowest BCUT2D eigenvalue weighted by Gasteiger charge is -2.20. The molecule has 4 rings (SSSR count). The SMILES string of the molecule is CC(C)(C)n1nc2nc(NCC3CCCO3)nc(-c3ccc(F)cc3F)c2c1N. The van der Waals surface area contributed by atoms with Gasteiger partial charge in [-0.2, -0.15) is 4.98 Å². The highest BCUT2D eigenvalue weighted by Crippen LogP contribution is 2.35. The molecule has 0 spiro atoms. The largest absolute Gasteiger partial charge is 0.383 e. The maximum Gasteiger partial charge on any atom is 0.225 e. The van der Waals surface area contributed by atoms with Crippen LogP contribution < -0.4 is 11.1 Å². The van der Waals surface area contributed by atoms with E-state index in [1.165, 1.54) is 12.1 Å². The first-order valence-electron chi connectivity index (χ1n) is 9.61. The Hall–Kier alpha value is -2.81. The second-order valence-corrected chi connectivity index (χ2v) is 8.20. The fourth-order valence-corrected chi connectivity index (χ4v) is 3.49. The van der Waals surface area contributed by atoms with E-state index >= 15 is 0 Å². The third kappa shape index (κ3) is 3.74. The normalized spacial score (nSPS) is 17.2. The third-order valence-corrected chi connectivity index (χ3v) is 4.90. The van der Waals surface area contributed by atoms with E-state index < -0.39 is 17.2 Å². The fraction of sp³-hybridized carbons (Fsp3) is 0.450. The Balaban J connectivity index is 1.86. The Kier molecular flexibility index (Phi) is 4.85. The number of aromatic nitrogens is 4. The molecule has 3 heterocycles. The molecule has 1 unspecified atom stereocenters. The van der Waals surface area contributed by atoms with E-state index in [9.17, 15) is 8.78 Å². The maximum absolute atomic E-state index is 14.6. The maximum atomic E-state index is 14.6. The van der Waals surface area contributed by atoms with Crippen molar-refractivity contribution in [3.05, 3.63) is 29.8 Å². The molecule has 0 saturated carbocycles. The number of nitrogens with one attached hydrogen (secondary N) is 1. The Labute approximate surface area is 167 Å². The summed E-state index contributed by atoms with van der Waals surface area (Å²) in [6.45, 7) is 7.14. The van der Waals surface area contributed by atoms with E-state index in [4.69, 9.17) is 10.5 Å². The molecular weight excluding hydrogens is 378 g/mol. The van der Waals surface area contributed by atoms with Crippen LogP contribution in [0.15, 0.2) is 18.2 Å². The van der Waals surface area contributed by atoms with Crippen molar-refractivity contribution < 1.29 is 13.5 Å². The molecule has 1 atom stereocenters. The summed E-state index contributed by atoms with van der Waals surface area (Å²) >= 11 is 0. The van der Waals surface area contributed by atoms with Gasteiger partial charge in [-0.25, -0.2) is 18.4 Å². The lowest BCUT2D eigenvalue weighted by Crippen LogP contribution is -2.24. The molecule has 29 heavy (non-hydrogen) atoms. The molecule has 9 heteroatoms. The molecule has 0 amide bonds. The average molecular weight is 402 g/mol. The Morgan fingerprint density at radius 1 is 1.28 bits per heavy atom. The van der Waals surface area contributed by atoms with Crippen LogP contribution in [0.3, 0.4) is 0 Å². The number of anilines is 2. The number of nitrogens with zero attached hydrogens (tertiary/aromatic N) is 4. The first kappa shape index (κ1) is 19.5. The second kappa shape index (κ2) is 7.22. The van der Waals surface area contributed by atoms with Gasteiger partial charge in [-0.3, -0.25) is 0 Å². The van der Waals surface area contributed by atoms with E-state index in [0.717, 1.165) is 25.5 Å². The van der Waals surface area contributed by atoms with Crippen LogP contribution in [0.2, 0.25) is 0 Å². The Morgan fingerprint density at radius 3 is 2.72 bits per heavy atom. The number of benzene rings is 1. The standard InChI is InChI=1S/C20H24F2N6O/c1-20(2,3)28-17(23)15-16(13-7-6-11(21)9-14(13)22)25-19(26-18(15)27-28)24-10-12-5-4-8-29-12/h6-7,9,12H,4-5,8,10,23H2,1-3H3,(H,24,26,27). The first-order chi connectivity index (χ1) is 13.7. The van der Waals surface area contributed by atoms with Crippen molar-refractivity contribution in [2.75, 3.05) is 24.2 Å². The molecule has 7 nitrogen and oxygen atoms in total. The highest BCUT2D eigenvalue weighted by Gasteiger charge is 2.25. The minimum atomic E-state index is -0.724. The summed E-state index contributed by atoms with van der Waals surface area (Å²) in [7, 11) is 0. The van der Waals surface area contributed by atoms with Crippen LogP contribution in [0.4, 0.5) is 20.5 Å². The molecule has 3 N–H and O–H groups in total. The van der Waals surface area contributed by atoms with Crippen LogP contribution in [0.1, 0.15) is 33.6 Å². The van der Waals surface area contributed by atoms with Crippen molar-refractivity contribution in [2.45, 2.75) is 45.3 Å². The van der Waals surface area contributed by atoms with Gasteiger partial charge in [0.2, 0.25) is 5.95 Å². The van der Waals surface area contributed by atoms with Crippen LogP contribution in [-0.2, 0) is 10.3 Å². The van der Waals surface area contributed by atoms with Gasteiger partial charge in [-0.05, 0) is 45.7 Å². The summed E-state index contributed by atoms with van der Waals surface area (Å²) in [5, 5.41) is 8.12. The predicted octanol–water partition coefficient (Wildman–Crippen LogP) is 3.70. The van der Waals surface area contributed by atoms with Crippen LogP contribution in [0, 0.1) is 11.6 Å². The predicted molar refractivity (Wildman–Crippen MR) is 108 cm³/mol. The highest BCUT2D eigenvalue weighted by atomic mass is 19.1. The molecule has 3 aromatic rings. The quantitative estimate of drug-likeness (QED) is 0.692. The van der Waals surface area contributed by atoms with E-state index in [2.05, 4.69) is 20.4 Å². The second-order valence-electron chi connectivity index (χ2n) is 8.20. The molecule has 1 aliphatic heterocycles. The fourth-order valence-electron chi connectivity index (χ4n) is 3.49. The van der Waals surface area contributed by atoms with Crippen LogP contribution in [0.5, 0.6) is 0 Å².